The van der Waals surface area contributed by atoms with E-state index in [2.05, 4.69) is 41.9 Å². The maximum atomic E-state index is 14.5. The molecule has 0 spiro atoms. The summed E-state index contributed by atoms with van der Waals surface area (Å²) in [6, 6.07) is 10.3. The first-order chi connectivity index (χ1) is 19.8. The van der Waals surface area contributed by atoms with Crippen molar-refractivity contribution in [1.82, 2.24) is 10.6 Å². The van der Waals surface area contributed by atoms with E-state index in [4.69, 9.17) is 4.74 Å². The number of carbonyl (C=O) groups is 4. The van der Waals surface area contributed by atoms with Crippen LogP contribution in [0.4, 0.5) is 25.4 Å². The fourth-order valence-electron chi connectivity index (χ4n) is 4.61. The molecular formula is C30H38BrFN4O6. The van der Waals surface area contributed by atoms with Gasteiger partial charge in [0, 0.05) is 29.0 Å². The second kappa shape index (κ2) is 15.0. The van der Waals surface area contributed by atoms with Crippen LogP contribution >= 0.6 is 15.9 Å². The molecule has 3 rings (SSSR count). The van der Waals surface area contributed by atoms with Crippen LogP contribution in [0.15, 0.2) is 46.9 Å². The average molecular weight is 650 g/mol. The van der Waals surface area contributed by atoms with Gasteiger partial charge in [0.15, 0.2) is 0 Å². The van der Waals surface area contributed by atoms with Crippen molar-refractivity contribution in [2.45, 2.75) is 64.5 Å². The number of hydrogen-bond acceptors (Lipinski definition) is 6. The Morgan fingerprint density at radius 3 is 2.24 bits per heavy atom. The molecule has 0 saturated heterocycles. The van der Waals surface area contributed by atoms with Crippen LogP contribution in [-0.4, -0.2) is 49.3 Å². The van der Waals surface area contributed by atoms with Gasteiger partial charge in [-0.25, -0.2) is 14.0 Å². The van der Waals surface area contributed by atoms with Gasteiger partial charge in [-0.15, -0.1) is 0 Å². The van der Waals surface area contributed by atoms with Crippen molar-refractivity contribution in [3.8, 4) is 0 Å². The minimum absolute atomic E-state index is 0.100. The number of nitrogens with one attached hydrogen (secondary N) is 4. The van der Waals surface area contributed by atoms with Crippen LogP contribution in [0.25, 0.3) is 0 Å². The summed E-state index contributed by atoms with van der Waals surface area (Å²) in [6.45, 7) is 5.89. The molecule has 0 aromatic heterocycles. The number of amides is 4. The van der Waals surface area contributed by atoms with Crippen LogP contribution in [-0.2, 0) is 25.5 Å². The molecule has 12 heteroatoms. The Hall–Kier alpha value is -3.67. The zero-order valence-electron chi connectivity index (χ0n) is 24.2. The van der Waals surface area contributed by atoms with Crippen molar-refractivity contribution in [2.75, 3.05) is 24.3 Å². The third-order valence-electron chi connectivity index (χ3n) is 6.80. The maximum Gasteiger partial charge on any atom is 0.411 e. The summed E-state index contributed by atoms with van der Waals surface area (Å²) in [5.74, 6) is -1.53. The molecule has 0 unspecified atom stereocenters. The molecule has 228 valence electrons. The van der Waals surface area contributed by atoms with Gasteiger partial charge >= 0.3 is 12.2 Å². The molecule has 2 aromatic rings. The van der Waals surface area contributed by atoms with Crippen molar-refractivity contribution in [3.63, 3.8) is 0 Å². The first-order valence-electron chi connectivity index (χ1n) is 13.8. The number of anilines is 2. The van der Waals surface area contributed by atoms with E-state index >= 15 is 0 Å². The topological polar surface area (TPSA) is 135 Å². The molecule has 0 bridgehead atoms. The normalized spacial score (nSPS) is 17.4. The van der Waals surface area contributed by atoms with Crippen molar-refractivity contribution < 1.29 is 33.0 Å². The van der Waals surface area contributed by atoms with E-state index in [9.17, 15) is 23.6 Å². The van der Waals surface area contributed by atoms with Gasteiger partial charge in [-0.1, -0.05) is 28.1 Å². The third kappa shape index (κ3) is 10.6. The van der Waals surface area contributed by atoms with Gasteiger partial charge in [0.2, 0.25) is 11.8 Å². The van der Waals surface area contributed by atoms with Gasteiger partial charge in [0.05, 0.1) is 12.8 Å². The molecule has 4 N–H and O–H groups in total. The van der Waals surface area contributed by atoms with Gasteiger partial charge < -0.3 is 25.4 Å². The van der Waals surface area contributed by atoms with Gasteiger partial charge in [-0.05, 0) is 88.3 Å². The molecule has 4 amide bonds. The summed E-state index contributed by atoms with van der Waals surface area (Å²) in [5.41, 5.74) is 0.329. The number of rotatable bonds is 9. The molecule has 1 saturated carbocycles. The lowest BCUT2D eigenvalue weighted by molar-refractivity contribution is -0.130. The minimum Gasteiger partial charge on any atom is -0.453 e. The lowest BCUT2D eigenvalue weighted by Crippen LogP contribution is -2.48. The maximum absolute atomic E-state index is 14.5. The zero-order valence-corrected chi connectivity index (χ0v) is 25.8. The molecule has 0 aliphatic heterocycles. The smallest absolute Gasteiger partial charge is 0.411 e. The highest BCUT2D eigenvalue weighted by Crippen LogP contribution is 2.29. The summed E-state index contributed by atoms with van der Waals surface area (Å²) in [6.07, 6.45) is 1.70. The predicted molar refractivity (Wildman–Crippen MR) is 161 cm³/mol. The molecule has 1 atom stereocenters. The fraction of sp³-hybridized carbons (Fsp3) is 0.467. The fourth-order valence-corrected chi connectivity index (χ4v) is 4.87. The summed E-state index contributed by atoms with van der Waals surface area (Å²) < 4.78 is 25.2. The highest BCUT2D eigenvalue weighted by atomic mass is 79.9. The number of alkyl carbamates (subject to hydrolysis) is 1. The Bertz CT molecular complexity index is 1260. The first kappa shape index (κ1) is 32.8. The second-order valence-electron chi connectivity index (χ2n) is 11.3. The van der Waals surface area contributed by atoms with Crippen molar-refractivity contribution in [3.05, 3.63) is 58.3 Å². The molecule has 0 heterocycles. The predicted octanol–water partition coefficient (Wildman–Crippen LogP) is 5.76. The first-order valence-corrected chi connectivity index (χ1v) is 14.6. The highest BCUT2D eigenvalue weighted by molar-refractivity contribution is 9.10. The molecule has 2 aromatic carbocycles. The van der Waals surface area contributed by atoms with E-state index in [1.807, 2.05) is 24.3 Å². The summed E-state index contributed by atoms with van der Waals surface area (Å²) in [5, 5.41) is 10.6. The van der Waals surface area contributed by atoms with E-state index in [1.165, 1.54) is 12.1 Å². The lowest BCUT2D eigenvalue weighted by atomic mass is 9.81. The molecule has 1 aliphatic rings. The van der Waals surface area contributed by atoms with Gasteiger partial charge in [0.25, 0.3) is 0 Å². The Morgan fingerprint density at radius 2 is 1.64 bits per heavy atom. The van der Waals surface area contributed by atoms with Crippen LogP contribution < -0.4 is 21.3 Å². The van der Waals surface area contributed by atoms with E-state index in [0.29, 0.717) is 19.4 Å². The summed E-state index contributed by atoms with van der Waals surface area (Å²) >= 11 is 3.40. The minimum atomic E-state index is -0.916. The molecule has 0 radical (unpaired) electrons. The van der Waals surface area contributed by atoms with E-state index in [-0.39, 0.29) is 35.5 Å². The standard InChI is InChI=1S/C30H38BrFN4O6/c1-30(2,3)42-28(39)33-17-19-5-9-20(10-6-19)26(37)35-25(15-18-7-11-21(31)12-8-18)27(38)34-22-13-14-24(23(32)16-22)36-29(40)41-4/h7-8,11-14,16,19-20,25H,5-6,9-10,15,17H2,1-4H3,(H,33,39)(H,34,38)(H,35,37)(H,36,40)/t19?,20?,25-/m0/s1. The van der Waals surface area contributed by atoms with Crippen molar-refractivity contribution in [1.29, 1.82) is 0 Å². The van der Waals surface area contributed by atoms with Gasteiger partial charge in [-0.3, -0.25) is 14.9 Å². The molecule has 1 aliphatic carbocycles. The number of methoxy groups -OCH3 is 1. The lowest BCUT2D eigenvalue weighted by Gasteiger charge is -2.29. The van der Waals surface area contributed by atoms with Crippen LogP contribution in [0.5, 0.6) is 0 Å². The van der Waals surface area contributed by atoms with E-state index < -0.39 is 35.6 Å². The van der Waals surface area contributed by atoms with Crippen LogP contribution in [0.1, 0.15) is 52.0 Å². The Kier molecular flexibility index (Phi) is 11.7. The van der Waals surface area contributed by atoms with Crippen molar-refractivity contribution >= 4 is 51.3 Å². The van der Waals surface area contributed by atoms with Gasteiger partial charge in [0.1, 0.15) is 17.5 Å². The number of ether oxygens (including phenoxy) is 2. The monoisotopic (exact) mass is 648 g/mol. The highest BCUT2D eigenvalue weighted by Gasteiger charge is 2.30. The van der Waals surface area contributed by atoms with Gasteiger partial charge in [-0.2, -0.15) is 0 Å². The van der Waals surface area contributed by atoms with Crippen LogP contribution in [0, 0.1) is 17.7 Å². The van der Waals surface area contributed by atoms with E-state index in [0.717, 1.165) is 36.1 Å². The average Bonchev–Trinajstić information content (AvgIpc) is 2.93. The number of carbonyl (C=O) groups excluding carboxylic acids is 4. The van der Waals surface area contributed by atoms with Crippen LogP contribution in [0.2, 0.25) is 0 Å². The summed E-state index contributed by atoms with van der Waals surface area (Å²) in [4.78, 5) is 50.0. The Balaban J connectivity index is 1.62. The SMILES string of the molecule is COC(=O)Nc1ccc(NC(=O)[C@H](Cc2ccc(Br)cc2)NC(=O)C2CCC(CNC(=O)OC(C)(C)C)CC2)cc1F. The second-order valence-corrected chi connectivity index (χ2v) is 12.2. The number of hydrogen-bond donors (Lipinski definition) is 4. The largest absolute Gasteiger partial charge is 0.453 e. The van der Waals surface area contributed by atoms with E-state index in [1.54, 1.807) is 20.8 Å². The third-order valence-corrected chi connectivity index (χ3v) is 7.32. The molecular weight excluding hydrogens is 611 g/mol. The Labute approximate surface area is 253 Å². The summed E-state index contributed by atoms with van der Waals surface area (Å²) in [7, 11) is 1.16. The zero-order chi connectivity index (χ0) is 30.9. The number of halogens is 2. The van der Waals surface area contributed by atoms with Crippen molar-refractivity contribution in [2.24, 2.45) is 11.8 Å². The molecule has 42 heavy (non-hydrogen) atoms. The molecule has 1 fully saturated rings. The quantitative estimate of drug-likeness (QED) is 0.273. The van der Waals surface area contributed by atoms with Crippen LogP contribution in [0.3, 0.4) is 0 Å². The molecule has 10 nitrogen and oxygen atoms in total. The number of benzene rings is 2. The Morgan fingerprint density at radius 1 is 0.976 bits per heavy atom.